The zero-order valence-electron chi connectivity index (χ0n) is 13.0. The Morgan fingerprint density at radius 2 is 1.70 bits per heavy atom. The van der Waals surface area contributed by atoms with Crippen molar-refractivity contribution in [2.45, 2.75) is 18.2 Å². The number of ether oxygens (including phenoxy) is 2. The maximum absolute atomic E-state index is 13.3. The average Bonchev–Trinajstić information content (AvgIpc) is 2.97. The summed E-state index contributed by atoms with van der Waals surface area (Å²) in [7, 11) is 2.75. The van der Waals surface area contributed by atoms with Gasteiger partial charge in [0.05, 0.1) is 17.6 Å². The van der Waals surface area contributed by atoms with Gasteiger partial charge >= 0.3 is 5.91 Å². The van der Waals surface area contributed by atoms with Gasteiger partial charge in [-0.15, -0.1) is 0 Å². The van der Waals surface area contributed by atoms with Crippen LogP contribution in [0.3, 0.4) is 0 Å². The molecule has 1 aliphatic heterocycles. The summed E-state index contributed by atoms with van der Waals surface area (Å²) in [5.74, 6) is -1.86. The Morgan fingerprint density at radius 1 is 1.13 bits per heavy atom. The standard InChI is InChI=1S/C16H15FN4O2/c1-13(10-4-6-11(17)7-5-10)14(8-18)12(20)21-16(22-2,23-3)15(13,14)9-19/h4-7H,1-3H3,(H2,20,21)/p+1/t13-,14-,15+/m0/s1. The molecule has 7 heteroatoms. The number of hydrogen-bond donors (Lipinski definition) is 2. The van der Waals surface area contributed by atoms with E-state index in [2.05, 4.69) is 17.1 Å². The van der Waals surface area contributed by atoms with Crippen LogP contribution in [0.5, 0.6) is 0 Å². The molecule has 2 aliphatic rings. The summed E-state index contributed by atoms with van der Waals surface area (Å²) in [5.41, 5.74) is 2.94. The van der Waals surface area contributed by atoms with Gasteiger partial charge in [0.15, 0.2) is 10.8 Å². The van der Waals surface area contributed by atoms with Crippen LogP contribution in [0.2, 0.25) is 0 Å². The molecule has 3 atom stereocenters. The number of nitrogens with zero attached hydrogens (tertiary/aromatic N) is 2. The fourth-order valence-electron chi connectivity index (χ4n) is 4.36. The first-order chi connectivity index (χ1) is 10.9. The van der Waals surface area contributed by atoms with E-state index in [1.54, 1.807) is 19.1 Å². The number of amidine groups is 1. The highest BCUT2D eigenvalue weighted by Crippen LogP contribution is 2.82. The monoisotopic (exact) mass is 315 g/mol. The Morgan fingerprint density at radius 3 is 2.13 bits per heavy atom. The van der Waals surface area contributed by atoms with Crippen LogP contribution < -0.4 is 10.7 Å². The Bertz CT molecular complexity index is 790. The summed E-state index contributed by atoms with van der Waals surface area (Å²) in [5, 5.41) is 19.9. The predicted molar refractivity (Wildman–Crippen MR) is 76.8 cm³/mol. The van der Waals surface area contributed by atoms with Gasteiger partial charge in [0.1, 0.15) is 5.82 Å². The van der Waals surface area contributed by atoms with Crippen molar-refractivity contribution < 1.29 is 18.9 Å². The first kappa shape index (κ1) is 15.4. The molecule has 0 radical (unpaired) electrons. The van der Waals surface area contributed by atoms with Crippen molar-refractivity contribution in [2.75, 3.05) is 14.2 Å². The molecule has 0 saturated heterocycles. The Kier molecular flexibility index (Phi) is 2.87. The van der Waals surface area contributed by atoms with E-state index in [4.69, 9.17) is 15.2 Å². The molecule has 1 heterocycles. The van der Waals surface area contributed by atoms with Gasteiger partial charge in [-0.25, -0.2) is 9.38 Å². The molecule has 3 N–H and O–H groups in total. The molecule has 0 amide bonds. The summed E-state index contributed by atoms with van der Waals surface area (Å²) in [6, 6.07) is 10.1. The summed E-state index contributed by atoms with van der Waals surface area (Å²) < 4.78 is 24.2. The lowest BCUT2D eigenvalue weighted by molar-refractivity contribution is -0.688. The fraction of sp³-hybridized carbons (Fsp3) is 0.438. The summed E-state index contributed by atoms with van der Waals surface area (Å²) in [6.45, 7) is 1.74. The van der Waals surface area contributed by atoms with Gasteiger partial charge in [0, 0.05) is 14.2 Å². The average molecular weight is 315 g/mol. The molecule has 0 unspecified atom stereocenters. The SMILES string of the molecule is COC1(OC)[NH+]=C(N)[C@@]2(C#N)[C@](C)(c3ccc(F)cc3)[C@@]12C#N. The number of nitrogens with two attached hydrogens (primary N) is 1. The van der Waals surface area contributed by atoms with E-state index in [1.165, 1.54) is 26.4 Å². The Labute approximate surface area is 132 Å². The molecule has 0 spiro atoms. The largest absolute Gasteiger partial charge is 0.343 e. The number of nitriles is 2. The maximum atomic E-state index is 13.3. The van der Waals surface area contributed by atoms with Gasteiger partial charge in [-0.1, -0.05) is 19.1 Å². The second-order valence-corrected chi connectivity index (χ2v) is 5.92. The van der Waals surface area contributed by atoms with E-state index >= 15 is 0 Å². The summed E-state index contributed by atoms with van der Waals surface area (Å²) >= 11 is 0. The smallest absolute Gasteiger partial charge is 0.317 e. The van der Waals surface area contributed by atoms with Gasteiger partial charge in [-0.05, 0) is 17.7 Å². The number of rotatable bonds is 3. The molecule has 1 aromatic rings. The molecular formula is C16H16FN4O2+. The minimum Gasteiger partial charge on any atom is -0.317 e. The Hall–Kier alpha value is -2.48. The van der Waals surface area contributed by atoms with E-state index in [0.29, 0.717) is 5.56 Å². The van der Waals surface area contributed by atoms with E-state index < -0.39 is 28.0 Å². The molecule has 6 nitrogen and oxygen atoms in total. The molecule has 1 aliphatic carbocycles. The number of halogens is 1. The third-order valence-corrected chi connectivity index (χ3v) is 5.53. The highest BCUT2D eigenvalue weighted by molar-refractivity contribution is 5.97. The topological polar surface area (TPSA) is 106 Å². The number of fused-ring (bicyclic) bond motifs is 1. The zero-order valence-corrected chi connectivity index (χ0v) is 13.0. The Balaban J connectivity index is 2.33. The normalized spacial score (nSPS) is 36.5. The van der Waals surface area contributed by atoms with Crippen molar-refractivity contribution in [1.82, 2.24) is 0 Å². The van der Waals surface area contributed by atoms with E-state index in [0.717, 1.165) is 0 Å². The molecule has 1 aromatic carbocycles. The van der Waals surface area contributed by atoms with Crippen molar-refractivity contribution in [3.8, 4) is 12.1 Å². The molecule has 0 aromatic heterocycles. The van der Waals surface area contributed by atoms with Gasteiger partial charge in [-0.3, -0.25) is 5.73 Å². The second kappa shape index (κ2) is 4.29. The van der Waals surface area contributed by atoms with Gasteiger partial charge in [0.25, 0.3) is 5.84 Å². The van der Waals surface area contributed by atoms with Crippen molar-refractivity contribution >= 4 is 5.84 Å². The van der Waals surface area contributed by atoms with Crippen molar-refractivity contribution in [3.63, 3.8) is 0 Å². The van der Waals surface area contributed by atoms with E-state index in [1.807, 2.05) is 0 Å². The molecule has 1 saturated carbocycles. The third kappa shape index (κ3) is 1.20. The number of benzene rings is 1. The number of methoxy groups -OCH3 is 2. The van der Waals surface area contributed by atoms with Crippen LogP contribution in [-0.2, 0) is 14.9 Å². The lowest BCUT2D eigenvalue weighted by Crippen LogP contribution is -2.91. The van der Waals surface area contributed by atoms with Crippen LogP contribution in [-0.4, -0.2) is 26.0 Å². The highest BCUT2D eigenvalue weighted by Gasteiger charge is 3.02. The van der Waals surface area contributed by atoms with E-state index in [9.17, 15) is 14.9 Å². The molecular weight excluding hydrogens is 299 g/mol. The van der Waals surface area contributed by atoms with Gasteiger partial charge < -0.3 is 9.47 Å². The lowest BCUT2D eigenvalue weighted by Gasteiger charge is -2.30. The zero-order chi connectivity index (χ0) is 17.1. The van der Waals surface area contributed by atoms with Crippen LogP contribution in [0.4, 0.5) is 4.39 Å². The van der Waals surface area contributed by atoms with Crippen LogP contribution in [0, 0.1) is 39.3 Å². The third-order valence-electron chi connectivity index (χ3n) is 5.53. The van der Waals surface area contributed by atoms with Crippen molar-refractivity contribution in [3.05, 3.63) is 35.6 Å². The molecule has 3 rings (SSSR count). The quantitative estimate of drug-likeness (QED) is 0.733. The molecule has 23 heavy (non-hydrogen) atoms. The molecule has 118 valence electrons. The summed E-state index contributed by atoms with van der Waals surface area (Å²) in [6.07, 6.45) is 0. The van der Waals surface area contributed by atoms with Gasteiger partial charge in [0.2, 0.25) is 0 Å². The van der Waals surface area contributed by atoms with Crippen molar-refractivity contribution in [1.29, 1.82) is 10.5 Å². The maximum Gasteiger partial charge on any atom is 0.343 e. The van der Waals surface area contributed by atoms with Gasteiger partial charge in [-0.2, -0.15) is 10.5 Å². The van der Waals surface area contributed by atoms with E-state index in [-0.39, 0.29) is 5.84 Å². The fourth-order valence-corrected chi connectivity index (χ4v) is 4.36. The number of hydrogen-bond acceptors (Lipinski definition) is 5. The second-order valence-electron chi connectivity index (χ2n) is 5.92. The minimum absolute atomic E-state index is 0.108. The number of nitrogens with one attached hydrogen (secondary N) is 1. The molecule has 0 bridgehead atoms. The first-order valence-electron chi connectivity index (χ1n) is 6.97. The minimum atomic E-state index is -1.56. The summed E-state index contributed by atoms with van der Waals surface area (Å²) in [4.78, 5) is 2.82. The molecule has 1 fully saturated rings. The predicted octanol–water partition coefficient (Wildman–Crippen LogP) is -0.485. The first-order valence-corrected chi connectivity index (χ1v) is 6.97. The van der Waals surface area contributed by atoms with Crippen molar-refractivity contribution in [2.24, 2.45) is 16.6 Å². The lowest BCUT2D eigenvalue weighted by atomic mass is 9.84. The van der Waals surface area contributed by atoms with Crippen LogP contribution >= 0.6 is 0 Å². The highest BCUT2D eigenvalue weighted by atomic mass is 19.1. The van der Waals surface area contributed by atoms with Crippen LogP contribution in [0.15, 0.2) is 24.3 Å². The van der Waals surface area contributed by atoms with Crippen LogP contribution in [0.25, 0.3) is 0 Å². The van der Waals surface area contributed by atoms with Crippen LogP contribution in [0.1, 0.15) is 12.5 Å².